The molecule has 0 saturated carbocycles. The molecule has 1 heterocycles. The van der Waals surface area contributed by atoms with Gasteiger partial charge in [0.15, 0.2) is 0 Å². The topological polar surface area (TPSA) is 54.3 Å². The van der Waals surface area contributed by atoms with E-state index in [2.05, 4.69) is 22.0 Å². The van der Waals surface area contributed by atoms with Crippen LogP contribution in [0.4, 0.5) is 0 Å². The number of aromatic nitrogens is 1. The second-order valence-electron chi connectivity index (χ2n) is 6.82. The van der Waals surface area contributed by atoms with Gasteiger partial charge in [-0.2, -0.15) is 0 Å². The first-order valence-electron chi connectivity index (χ1n) is 9.16. The van der Waals surface area contributed by atoms with Crippen molar-refractivity contribution in [2.75, 3.05) is 20.6 Å². The zero-order chi connectivity index (χ0) is 19.2. The standard InChI is InChI=1S/C22H25N3O2/c1-24(2)21(26)13-8-14-23-22(27)19-16-25(15-17-9-4-3-5-10-17)20-12-7-6-11-18(19)20/h3-7,9-12,16H,8,13-15H2,1-2H3,(H,23,27). The maximum atomic E-state index is 12.7. The number of nitrogens with zero attached hydrogens (tertiary/aromatic N) is 2. The molecule has 140 valence electrons. The minimum Gasteiger partial charge on any atom is -0.352 e. The Morgan fingerprint density at radius 2 is 1.70 bits per heavy atom. The molecule has 5 heteroatoms. The molecule has 3 aromatic rings. The van der Waals surface area contributed by atoms with Crippen molar-refractivity contribution in [2.45, 2.75) is 19.4 Å². The summed E-state index contributed by atoms with van der Waals surface area (Å²) in [6.45, 7) is 1.20. The van der Waals surface area contributed by atoms with Crippen LogP contribution in [0.1, 0.15) is 28.8 Å². The fraction of sp³-hybridized carbons (Fsp3) is 0.273. The van der Waals surface area contributed by atoms with Gasteiger partial charge in [-0.25, -0.2) is 0 Å². The van der Waals surface area contributed by atoms with E-state index < -0.39 is 0 Å². The second kappa shape index (κ2) is 8.54. The van der Waals surface area contributed by atoms with Crippen molar-refractivity contribution in [3.8, 4) is 0 Å². The van der Waals surface area contributed by atoms with Crippen LogP contribution in [0.2, 0.25) is 0 Å². The number of amides is 2. The van der Waals surface area contributed by atoms with Gasteiger partial charge < -0.3 is 14.8 Å². The Kier molecular flexibility index (Phi) is 5.91. The highest BCUT2D eigenvalue weighted by Gasteiger charge is 2.15. The monoisotopic (exact) mass is 363 g/mol. The first kappa shape index (κ1) is 18.7. The van der Waals surface area contributed by atoms with Gasteiger partial charge in [-0.05, 0) is 18.1 Å². The smallest absolute Gasteiger partial charge is 0.253 e. The lowest BCUT2D eigenvalue weighted by atomic mass is 10.1. The largest absolute Gasteiger partial charge is 0.352 e. The summed E-state index contributed by atoms with van der Waals surface area (Å²) in [6, 6.07) is 18.1. The fourth-order valence-corrected chi connectivity index (χ4v) is 3.10. The van der Waals surface area contributed by atoms with Gasteiger partial charge in [0.25, 0.3) is 5.91 Å². The van der Waals surface area contributed by atoms with Crippen LogP contribution in [0.5, 0.6) is 0 Å². The predicted octanol–water partition coefficient (Wildman–Crippen LogP) is 3.29. The Morgan fingerprint density at radius 3 is 2.44 bits per heavy atom. The molecule has 0 aliphatic rings. The van der Waals surface area contributed by atoms with Crippen LogP contribution >= 0.6 is 0 Å². The van der Waals surface area contributed by atoms with Crippen LogP contribution in [0, 0.1) is 0 Å². The molecule has 0 aliphatic heterocycles. The summed E-state index contributed by atoms with van der Waals surface area (Å²) in [5.74, 6) is -0.0287. The van der Waals surface area contributed by atoms with Gasteiger partial charge in [0.2, 0.25) is 5.91 Å². The van der Waals surface area contributed by atoms with Crippen molar-refractivity contribution in [3.63, 3.8) is 0 Å². The Labute approximate surface area is 159 Å². The number of carbonyl (C=O) groups is 2. The van der Waals surface area contributed by atoms with E-state index in [1.807, 2.05) is 48.7 Å². The molecule has 0 spiro atoms. The van der Waals surface area contributed by atoms with E-state index in [9.17, 15) is 9.59 Å². The van der Waals surface area contributed by atoms with Gasteiger partial charge in [-0.15, -0.1) is 0 Å². The molecule has 1 N–H and O–H groups in total. The normalized spacial score (nSPS) is 10.7. The van der Waals surface area contributed by atoms with Crippen LogP contribution in [-0.4, -0.2) is 41.9 Å². The zero-order valence-electron chi connectivity index (χ0n) is 15.8. The number of fused-ring (bicyclic) bond motifs is 1. The molecule has 0 bridgehead atoms. The van der Waals surface area contributed by atoms with Crippen molar-refractivity contribution in [1.29, 1.82) is 0 Å². The quantitative estimate of drug-likeness (QED) is 0.655. The molecule has 0 radical (unpaired) electrons. The van der Waals surface area contributed by atoms with Crippen LogP contribution in [0.25, 0.3) is 10.9 Å². The number of hydrogen-bond donors (Lipinski definition) is 1. The van der Waals surface area contributed by atoms with Crippen LogP contribution in [0.15, 0.2) is 60.8 Å². The molecule has 3 rings (SSSR count). The average Bonchev–Trinajstić information content (AvgIpc) is 3.04. The SMILES string of the molecule is CN(C)C(=O)CCCNC(=O)c1cn(Cc2ccccc2)c2ccccc12. The lowest BCUT2D eigenvalue weighted by Gasteiger charge is -2.10. The minimum atomic E-state index is -0.102. The lowest BCUT2D eigenvalue weighted by molar-refractivity contribution is -0.128. The highest BCUT2D eigenvalue weighted by molar-refractivity contribution is 6.07. The summed E-state index contributed by atoms with van der Waals surface area (Å²) < 4.78 is 2.11. The van der Waals surface area contributed by atoms with Crippen molar-refractivity contribution in [3.05, 3.63) is 71.9 Å². The van der Waals surface area contributed by atoms with E-state index in [-0.39, 0.29) is 11.8 Å². The number of benzene rings is 2. The zero-order valence-corrected chi connectivity index (χ0v) is 15.8. The molecule has 0 atom stereocenters. The second-order valence-corrected chi connectivity index (χ2v) is 6.82. The van der Waals surface area contributed by atoms with E-state index in [1.165, 1.54) is 5.56 Å². The summed E-state index contributed by atoms with van der Waals surface area (Å²) in [5, 5.41) is 3.88. The highest BCUT2D eigenvalue weighted by Crippen LogP contribution is 2.22. The molecule has 27 heavy (non-hydrogen) atoms. The summed E-state index contributed by atoms with van der Waals surface area (Å²) in [7, 11) is 3.48. The van der Waals surface area contributed by atoms with E-state index >= 15 is 0 Å². The third kappa shape index (κ3) is 4.56. The summed E-state index contributed by atoms with van der Waals surface area (Å²) in [4.78, 5) is 25.9. The van der Waals surface area contributed by atoms with Crippen LogP contribution in [0.3, 0.4) is 0 Å². The first-order chi connectivity index (χ1) is 13.1. The van der Waals surface area contributed by atoms with Gasteiger partial charge in [0.05, 0.1) is 5.56 Å². The minimum absolute atomic E-state index is 0.0729. The Balaban J connectivity index is 1.72. The molecule has 1 aromatic heterocycles. The molecule has 2 amide bonds. The van der Waals surface area contributed by atoms with Crippen molar-refractivity contribution in [1.82, 2.24) is 14.8 Å². The highest BCUT2D eigenvalue weighted by atomic mass is 16.2. The average molecular weight is 363 g/mol. The Hall–Kier alpha value is -3.08. The van der Waals surface area contributed by atoms with Crippen LogP contribution < -0.4 is 5.32 Å². The van der Waals surface area contributed by atoms with Crippen LogP contribution in [-0.2, 0) is 11.3 Å². The number of nitrogens with one attached hydrogen (secondary N) is 1. The van der Waals surface area contributed by atoms with Crippen molar-refractivity contribution >= 4 is 22.7 Å². The van der Waals surface area contributed by atoms with Gasteiger partial charge >= 0.3 is 0 Å². The fourth-order valence-electron chi connectivity index (χ4n) is 3.10. The van der Waals surface area contributed by atoms with Crippen molar-refractivity contribution < 1.29 is 9.59 Å². The summed E-state index contributed by atoms with van der Waals surface area (Å²) in [5.41, 5.74) is 2.89. The van der Waals surface area contributed by atoms with Gasteiger partial charge in [-0.3, -0.25) is 9.59 Å². The van der Waals surface area contributed by atoms with E-state index in [1.54, 1.807) is 19.0 Å². The Bertz CT molecular complexity index is 929. The Morgan fingerprint density at radius 1 is 1.00 bits per heavy atom. The summed E-state index contributed by atoms with van der Waals surface area (Å²) >= 11 is 0. The van der Waals surface area contributed by atoms with Gasteiger partial charge in [0.1, 0.15) is 0 Å². The maximum Gasteiger partial charge on any atom is 0.253 e. The molecular weight excluding hydrogens is 338 g/mol. The first-order valence-corrected chi connectivity index (χ1v) is 9.16. The summed E-state index contributed by atoms with van der Waals surface area (Å²) in [6.07, 6.45) is 2.98. The van der Waals surface area contributed by atoms with Crippen molar-refractivity contribution in [2.24, 2.45) is 0 Å². The number of hydrogen-bond acceptors (Lipinski definition) is 2. The predicted molar refractivity (Wildman–Crippen MR) is 108 cm³/mol. The molecule has 5 nitrogen and oxygen atoms in total. The number of rotatable bonds is 7. The molecule has 0 saturated heterocycles. The van der Waals surface area contributed by atoms with E-state index in [0.717, 1.165) is 10.9 Å². The van der Waals surface area contributed by atoms with E-state index in [0.29, 0.717) is 31.5 Å². The molecule has 0 aliphatic carbocycles. The third-order valence-electron chi connectivity index (χ3n) is 4.58. The van der Waals surface area contributed by atoms with Gasteiger partial charge in [0, 0.05) is 50.7 Å². The number of carbonyl (C=O) groups excluding carboxylic acids is 2. The lowest BCUT2D eigenvalue weighted by Crippen LogP contribution is -2.27. The molecule has 2 aromatic carbocycles. The number of para-hydroxylation sites is 1. The molecule has 0 fully saturated rings. The maximum absolute atomic E-state index is 12.7. The molecule has 0 unspecified atom stereocenters. The third-order valence-corrected chi connectivity index (χ3v) is 4.58. The molecular formula is C22H25N3O2. The van der Waals surface area contributed by atoms with E-state index in [4.69, 9.17) is 0 Å². The van der Waals surface area contributed by atoms with Gasteiger partial charge in [-0.1, -0.05) is 48.5 Å².